The van der Waals surface area contributed by atoms with E-state index in [1.54, 1.807) is 7.11 Å². The topological polar surface area (TPSA) is 64.1 Å². The molecular weight excluding hydrogens is 457 g/mol. The molecule has 1 fully saturated rings. The number of aliphatic imine (C=N–C) groups is 1. The second-order valence-electron chi connectivity index (χ2n) is 6.78. The van der Waals surface area contributed by atoms with Crippen LogP contribution in [0, 0.1) is 0 Å². The van der Waals surface area contributed by atoms with Crippen molar-refractivity contribution < 1.29 is 14.2 Å². The van der Waals surface area contributed by atoms with Gasteiger partial charge in [0.05, 0.1) is 25.9 Å². The van der Waals surface area contributed by atoms with Gasteiger partial charge in [0.25, 0.3) is 0 Å². The molecule has 27 heavy (non-hydrogen) atoms. The molecule has 0 aliphatic carbocycles. The van der Waals surface area contributed by atoms with Gasteiger partial charge >= 0.3 is 0 Å². The fraction of sp³-hybridized carbons (Fsp3) is 0.650. The van der Waals surface area contributed by atoms with Gasteiger partial charge in [-0.05, 0) is 50.8 Å². The van der Waals surface area contributed by atoms with Gasteiger partial charge in [0.2, 0.25) is 0 Å². The Morgan fingerprint density at radius 1 is 1.26 bits per heavy atom. The minimum absolute atomic E-state index is 0. The molecule has 0 spiro atoms. The first-order valence-electron chi connectivity index (χ1n) is 9.52. The molecule has 0 radical (unpaired) electrons. The van der Waals surface area contributed by atoms with E-state index < -0.39 is 0 Å². The molecule has 2 rings (SSSR count). The third-order valence-corrected chi connectivity index (χ3v) is 4.40. The Labute approximate surface area is 180 Å². The first-order valence-corrected chi connectivity index (χ1v) is 9.52. The molecule has 1 saturated heterocycles. The van der Waals surface area contributed by atoms with Crippen molar-refractivity contribution in [2.75, 3.05) is 40.0 Å². The van der Waals surface area contributed by atoms with Crippen LogP contribution in [0.4, 0.5) is 0 Å². The van der Waals surface area contributed by atoms with E-state index in [2.05, 4.69) is 29.5 Å². The van der Waals surface area contributed by atoms with Crippen molar-refractivity contribution in [3.63, 3.8) is 0 Å². The van der Waals surface area contributed by atoms with E-state index in [0.717, 1.165) is 56.2 Å². The Hall–Kier alpha value is -1.06. The first kappa shape index (κ1) is 24.0. The maximum atomic E-state index is 5.79. The lowest BCUT2D eigenvalue weighted by molar-refractivity contribution is 0.0283. The van der Waals surface area contributed by atoms with Gasteiger partial charge in [-0.3, -0.25) is 4.99 Å². The summed E-state index contributed by atoms with van der Waals surface area (Å²) < 4.78 is 16.7. The van der Waals surface area contributed by atoms with Crippen molar-refractivity contribution in [2.24, 2.45) is 4.99 Å². The number of hydrogen-bond donors (Lipinski definition) is 2. The van der Waals surface area contributed by atoms with Crippen molar-refractivity contribution >= 4 is 29.9 Å². The van der Waals surface area contributed by atoms with Crippen LogP contribution < -0.4 is 15.4 Å². The monoisotopic (exact) mass is 491 g/mol. The van der Waals surface area contributed by atoms with E-state index in [1.807, 2.05) is 24.3 Å². The van der Waals surface area contributed by atoms with Crippen LogP contribution in [0.25, 0.3) is 0 Å². The van der Waals surface area contributed by atoms with Gasteiger partial charge in [0.1, 0.15) is 5.75 Å². The van der Waals surface area contributed by atoms with Crippen LogP contribution in [0.1, 0.15) is 38.7 Å². The number of methoxy groups -OCH3 is 1. The van der Waals surface area contributed by atoms with E-state index in [4.69, 9.17) is 14.2 Å². The van der Waals surface area contributed by atoms with Crippen LogP contribution in [-0.2, 0) is 16.1 Å². The summed E-state index contributed by atoms with van der Waals surface area (Å²) in [5, 5.41) is 6.64. The fourth-order valence-corrected chi connectivity index (χ4v) is 2.84. The minimum atomic E-state index is -0.107. The number of rotatable bonds is 10. The van der Waals surface area contributed by atoms with Gasteiger partial charge in [0.15, 0.2) is 5.96 Å². The van der Waals surface area contributed by atoms with E-state index in [9.17, 15) is 0 Å². The molecule has 1 atom stereocenters. The normalized spacial score (nSPS) is 19.4. The lowest BCUT2D eigenvalue weighted by atomic mass is 10.0. The molecular formula is C20H34IN3O3. The van der Waals surface area contributed by atoms with Gasteiger partial charge in [-0.1, -0.05) is 12.1 Å². The number of nitrogens with zero attached hydrogens (tertiary/aromatic N) is 1. The van der Waals surface area contributed by atoms with Crippen molar-refractivity contribution in [1.82, 2.24) is 10.6 Å². The minimum Gasteiger partial charge on any atom is -0.497 e. The summed E-state index contributed by atoms with van der Waals surface area (Å²) in [5.74, 6) is 1.71. The summed E-state index contributed by atoms with van der Waals surface area (Å²) in [6, 6.07) is 7.96. The SMILES string of the molecule is CCNC(=NCC1(C)CCCO1)NCCCOCc1ccc(OC)cc1.I. The van der Waals surface area contributed by atoms with Crippen molar-refractivity contribution in [3.8, 4) is 5.75 Å². The van der Waals surface area contributed by atoms with E-state index >= 15 is 0 Å². The molecule has 6 nitrogen and oxygen atoms in total. The van der Waals surface area contributed by atoms with Gasteiger partial charge < -0.3 is 24.8 Å². The molecule has 1 aliphatic heterocycles. The summed E-state index contributed by atoms with van der Waals surface area (Å²) in [5.41, 5.74) is 1.04. The lowest BCUT2D eigenvalue weighted by Crippen LogP contribution is -2.39. The Morgan fingerprint density at radius 2 is 2.04 bits per heavy atom. The smallest absolute Gasteiger partial charge is 0.191 e. The first-order chi connectivity index (χ1) is 12.6. The van der Waals surface area contributed by atoms with Crippen LogP contribution in [-0.4, -0.2) is 51.5 Å². The van der Waals surface area contributed by atoms with Crippen molar-refractivity contribution in [1.29, 1.82) is 0 Å². The Morgan fingerprint density at radius 3 is 2.67 bits per heavy atom. The zero-order valence-electron chi connectivity index (χ0n) is 16.8. The quantitative estimate of drug-likeness (QED) is 0.228. The predicted molar refractivity (Wildman–Crippen MR) is 120 cm³/mol. The van der Waals surface area contributed by atoms with E-state index in [1.165, 1.54) is 0 Å². The third kappa shape index (κ3) is 9.12. The standard InChI is InChI=1S/C20H33N3O3.HI/c1-4-21-19(23-16-20(2)11-5-14-26-20)22-12-6-13-25-15-17-7-9-18(24-3)10-8-17;/h7-10H,4-6,11-16H2,1-3H3,(H2,21,22,23);1H. The van der Waals surface area contributed by atoms with Crippen molar-refractivity contribution in [3.05, 3.63) is 29.8 Å². The second-order valence-corrected chi connectivity index (χ2v) is 6.78. The number of ether oxygens (including phenoxy) is 3. The Kier molecular flexibility index (Phi) is 11.7. The largest absolute Gasteiger partial charge is 0.497 e. The molecule has 0 bridgehead atoms. The van der Waals surface area contributed by atoms with Crippen LogP contribution in [0.15, 0.2) is 29.3 Å². The average Bonchev–Trinajstić information content (AvgIpc) is 3.10. The molecule has 1 aromatic rings. The number of halogens is 1. The summed E-state index contributed by atoms with van der Waals surface area (Å²) in [4.78, 5) is 4.67. The number of nitrogens with one attached hydrogen (secondary N) is 2. The maximum absolute atomic E-state index is 5.79. The van der Waals surface area contributed by atoms with E-state index in [-0.39, 0.29) is 29.6 Å². The predicted octanol–water partition coefficient (Wildman–Crippen LogP) is 3.34. The number of guanidine groups is 1. The second kappa shape index (κ2) is 13.2. The zero-order chi connectivity index (χ0) is 18.7. The molecule has 2 N–H and O–H groups in total. The highest BCUT2D eigenvalue weighted by molar-refractivity contribution is 14.0. The summed E-state index contributed by atoms with van der Waals surface area (Å²) in [6.45, 7) is 8.75. The summed E-state index contributed by atoms with van der Waals surface area (Å²) in [7, 11) is 1.67. The van der Waals surface area contributed by atoms with E-state index in [0.29, 0.717) is 19.8 Å². The third-order valence-electron chi connectivity index (χ3n) is 4.40. The highest BCUT2D eigenvalue weighted by atomic mass is 127. The molecule has 0 aromatic heterocycles. The number of benzene rings is 1. The van der Waals surface area contributed by atoms with Crippen LogP contribution in [0.2, 0.25) is 0 Å². The molecule has 0 amide bonds. The summed E-state index contributed by atoms with van der Waals surface area (Å²) >= 11 is 0. The zero-order valence-corrected chi connectivity index (χ0v) is 19.1. The highest BCUT2D eigenvalue weighted by Gasteiger charge is 2.29. The molecule has 1 aromatic carbocycles. The highest BCUT2D eigenvalue weighted by Crippen LogP contribution is 2.24. The Balaban J connectivity index is 0.00000364. The number of hydrogen-bond acceptors (Lipinski definition) is 4. The molecule has 154 valence electrons. The van der Waals surface area contributed by atoms with Gasteiger partial charge in [-0.15, -0.1) is 24.0 Å². The average molecular weight is 491 g/mol. The molecule has 1 unspecified atom stereocenters. The van der Waals surface area contributed by atoms with Crippen LogP contribution in [0.3, 0.4) is 0 Å². The van der Waals surface area contributed by atoms with Gasteiger partial charge in [-0.2, -0.15) is 0 Å². The van der Waals surface area contributed by atoms with Gasteiger partial charge in [0, 0.05) is 26.3 Å². The van der Waals surface area contributed by atoms with Crippen LogP contribution in [0.5, 0.6) is 5.75 Å². The maximum Gasteiger partial charge on any atom is 0.191 e. The molecule has 1 heterocycles. The molecule has 1 aliphatic rings. The van der Waals surface area contributed by atoms with Gasteiger partial charge in [-0.25, -0.2) is 0 Å². The summed E-state index contributed by atoms with van der Waals surface area (Å²) in [6.07, 6.45) is 3.13. The fourth-order valence-electron chi connectivity index (χ4n) is 2.84. The van der Waals surface area contributed by atoms with Crippen molar-refractivity contribution in [2.45, 2.75) is 45.3 Å². The molecule has 7 heteroatoms. The molecule has 0 saturated carbocycles. The Bertz CT molecular complexity index is 546. The van der Waals surface area contributed by atoms with Crippen LogP contribution >= 0.6 is 24.0 Å². The lowest BCUT2D eigenvalue weighted by Gasteiger charge is -2.21.